The zero-order valence-electron chi connectivity index (χ0n) is 14.1. The number of piperazine rings is 1. The van der Waals surface area contributed by atoms with E-state index in [4.69, 9.17) is 15.2 Å². The van der Waals surface area contributed by atoms with Crippen LogP contribution in [0.25, 0.3) is 0 Å². The van der Waals surface area contributed by atoms with Crippen LogP contribution in [0.1, 0.15) is 0 Å². The Morgan fingerprint density at radius 3 is 2.42 bits per heavy atom. The Balaban J connectivity index is 1.44. The molecule has 1 aliphatic rings. The third kappa shape index (κ3) is 4.11. The van der Waals surface area contributed by atoms with E-state index in [0.717, 1.165) is 38.5 Å². The molecule has 2 aromatic rings. The van der Waals surface area contributed by atoms with Crippen LogP contribution in [0.15, 0.2) is 48.5 Å². The average Bonchev–Trinajstić information content (AvgIpc) is 2.64. The van der Waals surface area contributed by atoms with Crippen molar-refractivity contribution < 1.29 is 9.47 Å². The molecule has 1 fully saturated rings. The fraction of sp³-hybridized carbons (Fsp3) is 0.368. The van der Waals surface area contributed by atoms with Crippen LogP contribution in [0.2, 0.25) is 0 Å². The van der Waals surface area contributed by atoms with Gasteiger partial charge in [-0.05, 0) is 24.3 Å². The number of para-hydroxylation sites is 1. The van der Waals surface area contributed by atoms with Crippen molar-refractivity contribution in [3.8, 4) is 11.5 Å². The summed E-state index contributed by atoms with van der Waals surface area (Å²) in [5, 5.41) is 0. The van der Waals surface area contributed by atoms with Gasteiger partial charge in [0.2, 0.25) is 0 Å². The second-order valence-electron chi connectivity index (χ2n) is 5.92. The maximum absolute atomic E-state index is 5.86. The van der Waals surface area contributed by atoms with Gasteiger partial charge in [0.1, 0.15) is 6.61 Å². The number of nitrogens with two attached hydrogens (primary N) is 1. The van der Waals surface area contributed by atoms with Gasteiger partial charge in [-0.2, -0.15) is 0 Å². The third-order valence-electron chi connectivity index (χ3n) is 4.35. The fourth-order valence-electron chi connectivity index (χ4n) is 2.96. The fourth-order valence-corrected chi connectivity index (χ4v) is 2.96. The molecule has 3 rings (SSSR count). The highest BCUT2D eigenvalue weighted by atomic mass is 16.5. The van der Waals surface area contributed by atoms with Gasteiger partial charge in [0.15, 0.2) is 11.5 Å². The first-order chi connectivity index (χ1) is 11.8. The van der Waals surface area contributed by atoms with Gasteiger partial charge < -0.3 is 20.1 Å². The lowest BCUT2D eigenvalue weighted by Crippen LogP contribution is -2.47. The number of hydrogen-bond donors (Lipinski definition) is 1. The lowest BCUT2D eigenvalue weighted by Gasteiger charge is -2.36. The maximum Gasteiger partial charge on any atom is 0.162 e. The molecule has 0 radical (unpaired) electrons. The predicted molar refractivity (Wildman–Crippen MR) is 98.0 cm³/mol. The van der Waals surface area contributed by atoms with Gasteiger partial charge in [-0.15, -0.1) is 0 Å². The van der Waals surface area contributed by atoms with Gasteiger partial charge in [0.05, 0.1) is 7.11 Å². The second-order valence-corrected chi connectivity index (χ2v) is 5.92. The maximum atomic E-state index is 5.86. The Kier molecular flexibility index (Phi) is 5.43. The molecule has 1 heterocycles. The minimum absolute atomic E-state index is 0.644. The molecule has 2 aromatic carbocycles. The van der Waals surface area contributed by atoms with E-state index >= 15 is 0 Å². The van der Waals surface area contributed by atoms with Gasteiger partial charge in [0.25, 0.3) is 0 Å². The van der Waals surface area contributed by atoms with E-state index in [0.29, 0.717) is 18.0 Å². The summed E-state index contributed by atoms with van der Waals surface area (Å²) >= 11 is 0. The summed E-state index contributed by atoms with van der Waals surface area (Å²) in [4.78, 5) is 4.86. The number of hydrogen-bond acceptors (Lipinski definition) is 5. The molecule has 0 aromatic heterocycles. The Labute approximate surface area is 143 Å². The van der Waals surface area contributed by atoms with Crippen LogP contribution >= 0.6 is 0 Å². The number of rotatable bonds is 6. The largest absolute Gasteiger partial charge is 0.493 e. The van der Waals surface area contributed by atoms with Crippen molar-refractivity contribution in [3.05, 3.63) is 48.5 Å². The molecular weight excluding hydrogens is 302 g/mol. The summed E-state index contributed by atoms with van der Waals surface area (Å²) in [6.07, 6.45) is 0. The van der Waals surface area contributed by atoms with Crippen LogP contribution in [0.4, 0.5) is 11.4 Å². The van der Waals surface area contributed by atoms with Crippen molar-refractivity contribution in [3.63, 3.8) is 0 Å². The molecule has 128 valence electrons. The van der Waals surface area contributed by atoms with Crippen molar-refractivity contribution in [2.75, 3.05) is 57.1 Å². The molecule has 5 nitrogen and oxygen atoms in total. The summed E-state index contributed by atoms with van der Waals surface area (Å²) in [6.45, 7) is 5.76. The predicted octanol–water partition coefficient (Wildman–Crippen LogP) is 2.48. The van der Waals surface area contributed by atoms with Crippen LogP contribution in [-0.4, -0.2) is 51.3 Å². The van der Waals surface area contributed by atoms with E-state index in [-0.39, 0.29) is 0 Å². The Hall–Kier alpha value is -2.40. The van der Waals surface area contributed by atoms with Crippen LogP contribution in [0.5, 0.6) is 11.5 Å². The summed E-state index contributed by atoms with van der Waals surface area (Å²) in [5.41, 5.74) is 7.74. The average molecular weight is 327 g/mol. The Morgan fingerprint density at radius 1 is 0.958 bits per heavy atom. The Morgan fingerprint density at radius 2 is 1.71 bits per heavy atom. The summed E-state index contributed by atoms with van der Waals surface area (Å²) in [5.74, 6) is 1.43. The number of benzene rings is 2. The van der Waals surface area contributed by atoms with E-state index < -0.39 is 0 Å². The lowest BCUT2D eigenvalue weighted by atomic mass is 10.2. The summed E-state index contributed by atoms with van der Waals surface area (Å²) in [6, 6.07) is 16.1. The molecule has 0 spiro atoms. The molecule has 0 atom stereocenters. The molecule has 0 bridgehead atoms. The van der Waals surface area contributed by atoms with Crippen LogP contribution in [-0.2, 0) is 0 Å². The van der Waals surface area contributed by atoms with Crippen LogP contribution in [0.3, 0.4) is 0 Å². The first kappa shape index (κ1) is 16.5. The highest BCUT2D eigenvalue weighted by Crippen LogP contribution is 2.28. The third-order valence-corrected chi connectivity index (χ3v) is 4.35. The van der Waals surface area contributed by atoms with Crippen LogP contribution in [0, 0.1) is 0 Å². The zero-order valence-corrected chi connectivity index (χ0v) is 14.1. The van der Waals surface area contributed by atoms with Crippen molar-refractivity contribution in [1.29, 1.82) is 0 Å². The molecule has 1 saturated heterocycles. The van der Waals surface area contributed by atoms with Gasteiger partial charge in [-0.3, -0.25) is 4.90 Å². The highest BCUT2D eigenvalue weighted by molar-refractivity contribution is 5.52. The summed E-state index contributed by atoms with van der Waals surface area (Å²) in [7, 11) is 1.63. The van der Waals surface area contributed by atoms with Gasteiger partial charge >= 0.3 is 0 Å². The highest BCUT2D eigenvalue weighted by Gasteiger charge is 2.17. The second kappa shape index (κ2) is 7.93. The SMILES string of the molecule is COc1cc(N)ccc1OCCN1CCN(c2ccccc2)CC1. The Bertz CT molecular complexity index is 640. The topological polar surface area (TPSA) is 51.0 Å². The molecule has 2 N–H and O–H groups in total. The standard InChI is InChI=1S/C19H25N3O2/c1-23-19-15-16(20)7-8-18(19)24-14-13-21-9-11-22(12-10-21)17-5-3-2-4-6-17/h2-8,15H,9-14,20H2,1H3. The van der Waals surface area contributed by atoms with Gasteiger partial charge in [-0.1, -0.05) is 18.2 Å². The molecule has 24 heavy (non-hydrogen) atoms. The van der Waals surface area contributed by atoms with Crippen molar-refractivity contribution in [2.45, 2.75) is 0 Å². The number of nitrogens with zero attached hydrogens (tertiary/aromatic N) is 2. The van der Waals surface area contributed by atoms with E-state index in [2.05, 4.69) is 40.1 Å². The minimum atomic E-state index is 0.644. The van der Waals surface area contributed by atoms with Crippen molar-refractivity contribution >= 4 is 11.4 Å². The number of ether oxygens (including phenoxy) is 2. The van der Waals surface area contributed by atoms with E-state index in [1.165, 1.54) is 5.69 Å². The summed E-state index contributed by atoms with van der Waals surface area (Å²) < 4.78 is 11.2. The molecule has 1 aliphatic heterocycles. The monoisotopic (exact) mass is 327 g/mol. The number of anilines is 2. The molecule has 0 unspecified atom stereocenters. The molecular formula is C19H25N3O2. The van der Waals surface area contributed by atoms with Crippen molar-refractivity contribution in [2.24, 2.45) is 0 Å². The molecule has 5 heteroatoms. The first-order valence-corrected chi connectivity index (χ1v) is 8.35. The minimum Gasteiger partial charge on any atom is -0.493 e. The van der Waals surface area contributed by atoms with Crippen LogP contribution < -0.4 is 20.1 Å². The van der Waals surface area contributed by atoms with E-state index in [9.17, 15) is 0 Å². The smallest absolute Gasteiger partial charge is 0.162 e. The van der Waals surface area contributed by atoms with Crippen molar-refractivity contribution in [1.82, 2.24) is 4.90 Å². The van der Waals surface area contributed by atoms with E-state index in [1.807, 2.05) is 12.1 Å². The first-order valence-electron chi connectivity index (χ1n) is 8.35. The molecule has 0 aliphatic carbocycles. The van der Waals surface area contributed by atoms with Gasteiger partial charge in [0, 0.05) is 50.2 Å². The van der Waals surface area contributed by atoms with Gasteiger partial charge in [-0.25, -0.2) is 0 Å². The molecule has 0 amide bonds. The zero-order chi connectivity index (χ0) is 16.8. The quantitative estimate of drug-likeness (QED) is 0.826. The normalized spacial score (nSPS) is 15.3. The lowest BCUT2D eigenvalue weighted by molar-refractivity contribution is 0.197. The molecule has 0 saturated carbocycles. The van der Waals surface area contributed by atoms with E-state index in [1.54, 1.807) is 13.2 Å². The number of nitrogen functional groups attached to an aromatic ring is 1. The number of methoxy groups -OCH3 is 1.